The third kappa shape index (κ3) is 3.95. The molecule has 1 aliphatic heterocycles. The molecule has 1 aromatic carbocycles. The van der Waals surface area contributed by atoms with Crippen LogP contribution in [0.1, 0.15) is 57.6 Å². The summed E-state index contributed by atoms with van der Waals surface area (Å²) in [5, 5.41) is 3.07. The Balaban J connectivity index is 1.78. The van der Waals surface area contributed by atoms with E-state index in [2.05, 4.69) is 5.32 Å². The number of rotatable bonds is 4. The summed E-state index contributed by atoms with van der Waals surface area (Å²) >= 11 is 0. The molecule has 2 unspecified atom stereocenters. The first-order valence-corrected chi connectivity index (χ1v) is 9.12. The maximum Gasteiger partial charge on any atom is 0.268 e. The topological polar surface area (TPSA) is 84.7 Å². The molecule has 1 aromatic rings. The smallest absolute Gasteiger partial charge is 0.268 e. The lowest BCUT2D eigenvalue weighted by atomic mass is 9.95. The summed E-state index contributed by atoms with van der Waals surface area (Å²) in [6.07, 6.45) is 4.98. The third-order valence-electron chi connectivity index (χ3n) is 4.99. The average Bonchev–Trinajstić information content (AvgIpc) is 2.59. The van der Waals surface area contributed by atoms with Crippen LogP contribution in [0.25, 0.3) is 0 Å². The van der Waals surface area contributed by atoms with E-state index in [9.17, 15) is 9.59 Å². The van der Waals surface area contributed by atoms with Crippen LogP contribution in [0.2, 0.25) is 0 Å². The van der Waals surface area contributed by atoms with Crippen molar-refractivity contribution in [2.45, 2.75) is 64.1 Å². The molecule has 1 saturated carbocycles. The van der Waals surface area contributed by atoms with Gasteiger partial charge in [0.2, 0.25) is 5.91 Å². The van der Waals surface area contributed by atoms with E-state index in [0.29, 0.717) is 11.4 Å². The summed E-state index contributed by atoms with van der Waals surface area (Å²) in [5.74, 6) is 0.293. The van der Waals surface area contributed by atoms with Gasteiger partial charge in [0, 0.05) is 12.1 Å². The van der Waals surface area contributed by atoms with Gasteiger partial charge in [-0.3, -0.25) is 14.5 Å². The first-order valence-electron chi connectivity index (χ1n) is 9.12. The lowest BCUT2D eigenvalue weighted by Crippen LogP contribution is -2.50. The van der Waals surface area contributed by atoms with Crippen molar-refractivity contribution < 1.29 is 14.3 Å². The number of nitrogens with two attached hydrogens (primary N) is 1. The van der Waals surface area contributed by atoms with E-state index < -0.39 is 6.10 Å². The molecule has 0 spiro atoms. The third-order valence-corrected chi connectivity index (χ3v) is 4.99. The van der Waals surface area contributed by atoms with Crippen LogP contribution < -0.4 is 20.7 Å². The molecule has 2 atom stereocenters. The molecule has 1 fully saturated rings. The second-order valence-corrected chi connectivity index (χ2v) is 7.10. The molecule has 136 valence electrons. The van der Waals surface area contributed by atoms with Crippen LogP contribution in [0.3, 0.4) is 0 Å². The number of fused-ring (bicyclic) bond motifs is 1. The first kappa shape index (κ1) is 17.7. The van der Waals surface area contributed by atoms with Gasteiger partial charge in [0.25, 0.3) is 5.91 Å². The molecule has 0 radical (unpaired) electrons. The van der Waals surface area contributed by atoms with Gasteiger partial charge in [0.05, 0.1) is 5.69 Å². The number of nitrogens with one attached hydrogen (secondary N) is 1. The fourth-order valence-corrected chi connectivity index (χ4v) is 3.53. The van der Waals surface area contributed by atoms with Crippen LogP contribution in [0.4, 0.5) is 5.69 Å². The molecule has 1 heterocycles. The monoisotopic (exact) mass is 345 g/mol. The van der Waals surface area contributed by atoms with Crippen LogP contribution in [0.15, 0.2) is 18.2 Å². The van der Waals surface area contributed by atoms with Crippen LogP contribution in [-0.4, -0.2) is 30.5 Å². The lowest BCUT2D eigenvalue weighted by Gasteiger charge is -2.33. The highest BCUT2D eigenvalue weighted by molar-refractivity contribution is 6.03. The van der Waals surface area contributed by atoms with E-state index in [0.717, 1.165) is 31.2 Å². The Hall–Kier alpha value is -2.08. The molecule has 0 bridgehead atoms. The molecule has 0 aromatic heterocycles. The second-order valence-electron chi connectivity index (χ2n) is 7.10. The highest BCUT2D eigenvalue weighted by Crippen LogP contribution is 2.35. The number of nitrogens with zero attached hydrogens (tertiary/aromatic N) is 1. The molecule has 25 heavy (non-hydrogen) atoms. The van der Waals surface area contributed by atoms with Crippen molar-refractivity contribution in [3.05, 3.63) is 23.8 Å². The predicted octanol–water partition coefficient (Wildman–Crippen LogP) is 2.27. The lowest BCUT2D eigenvalue weighted by molar-refractivity contribution is -0.128. The van der Waals surface area contributed by atoms with Crippen molar-refractivity contribution >= 4 is 17.5 Å². The Morgan fingerprint density at radius 1 is 1.36 bits per heavy atom. The Kier molecular flexibility index (Phi) is 5.27. The largest absolute Gasteiger partial charge is 0.479 e. The molecule has 0 saturated heterocycles. The van der Waals surface area contributed by atoms with Crippen molar-refractivity contribution in [1.29, 1.82) is 0 Å². The zero-order valence-electron chi connectivity index (χ0n) is 15.0. The van der Waals surface area contributed by atoms with Gasteiger partial charge >= 0.3 is 0 Å². The summed E-state index contributed by atoms with van der Waals surface area (Å²) in [6.45, 7) is 3.60. The Morgan fingerprint density at radius 3 is 2.76 bits per heavy atom. The molecule has 2 aliphatic rings. The number of carbonyl (C=O) groups is 2. The van der Waals surface area contributed by atoms with Crippen molar-refractivity contribution in [2.75, 3.05) is 11.4 Å². The van der Waals surface area contributed by atoms with E-state index in [1.807, 2.05) is 25.1 Å². The van der Waals surface area contributed by atoms with Crippen molar-refractivity contribution in [2.24, 2.45) is 5.73 Å². The minimum absolute atomic E-state index is 0.0123. The highest BCUT2D eigenvalue weighted by Gasteiger charge is 2.33. The Bertz CT molecular complexity index is 653. The van der Waals surface area contributed by atoms with Crippen LogP contribution in [-0.2, 0) is 9.59 Å². The Morgan fingerprint density at radius 2 is 2.08 bits per heavy atom. The molecule has 3 N–H and O–H groups in total. The number of ether oxygens (including phenoxy) is 1. The van der Waals surface area contributed by atoms with Gasteiger partial charge in [-0.05, 0) is 44.4 Å². The zero-order chi connectivity index (χ0) is 18.0. The number of benzene rings is 1. The molecule has 3 rings (SSSR count). The van der Waals surface area contributed by atoms with Gasteiger partial charge < -0.3 is 15.8 Å². The minimum Gasteiger partial charge on any atom is -0.479 e. The normalized spacial score (nSPS) is 22.1. The standard InChI is InChI=1S/C19H27N3O3/c1-12(20)14-8-9-17-16(10-14)22(19(24)13(2)25-17)11-18(23)21-15-6-4-3-5-7-15/h8-10,12-13,15H,3-7,11,20H2,1-2H3,(H,21,23). The van der Waals surface area contributed by atoms with Gasteiger partial charge in [-0.1, -0.05) is 25.3 Å². The average molecular weight is 345 g/mol. The molecular formula is C19H27N3O3. The predicted molar refractivity (Wildman–Crippen MR) is 96.5 cm³/mol. The van der Waals surface area contributed by atoms with E-state index >= 15 is 0 Å². The maximum atomic E-state index is 12.6. The molecule has 6 heteroatoms. The molecular weight excluding hydrogens is 318 g/mol. The summed E-state index contributed by atoms with van der Waals surface area (Å²) in [5.41, 5.74) is 7.48. The summed E-state index contributed by atoms with van der Waals surface area (Å²) < 4.78 is 5.68. The number of carbonyl (C=O) groups excluding carboxylic acids is 2. The van der Waals surface area contributed by atoms with Gasteiger partial charge in [-0.25, -0.2) is 0 Å². The number of hydrogen-bond acceptors (Lipinski definition) is 4. The van der Waals surface area contributed by atoms with Gasteiger partial charge in [-0.15, -0.1) is 0 Å². The quantitative estimate of drug-likeness (QED) is 0.877. The molecule has 6 nitrogen and oxygen atoms in total. The van der Waals surface area contributed by atoms with Gasteiger partial charge in [0.1, 0.15) is 12.3 Å². The van der Waals surface area contributed by atoms with E-state index in [-0.39, 0.29) is 30.4 Å². The molecule has 1 aliphatic carbocycles. The van der Waals surface area contributed by atoms with Crippen molar-refractivity contribution in [3.63, 3.8) is 0 Å². The summed E-state index contributed by atoms with van der Waals surface area (Å²) in [4.78, 5) is 26.6. The maximum absolute atomic E-state index is 12.6. The van der Waals surface area contributed by atoms with Crippen LogP contribution in [0.5, 0.6) is 5.75 Å². The van der Waals surface area contributed by atoms with E-state index in [1.165, 1.54) is 11.3 Å². The van der Waals surface area contributed by atoms with Crippen LogP contribution >= 0.6 is 0 Å². The number of hydrogen-bond donors (Lipinski definition) is 2. The van der Waals surface area contributed by atoms with E-state index in [4.69, 9.17) is 10.5 Å². The SMILES string of the molecule is CC1Oc2ccc(C(C)N)cc2N(CC(=O)NC2CCCCC2)C1=O. The molecule has 2 amide bonds. The summed E-state index contributed by atoms with van der Waals surface area (Å²) in [6, 6.07) is 5.63. The first-order chi connectivity index (χ1) is 12.0. The summed E-state index contributed by atoms with van der Waals surface area (Å²) in [7, 11) is 0. The van der Waals surface area contributed by atoms with E-state index in [1.54, 1.807) is 6.92 Å². The fraction of sp³-hybridized carbons (Fsp3) is 0.579. The Labute approximate surface area is 148 Å². The number of amides is 2. The van der Waals surface area contributed by atoms with Crippen molar-refractivity contribution in [3.8, 4) is 5.75 Å². The minimum atomic E-state index is -0.601. The zero-order valence-corrected chi connectivity index (χ0v) is 15.0. The second kappa shape index (κ2) is 7.44. The number of anilines is 1. The fourth-order valence-electron chi connectivity index (χ4n) is 3.53. The van der Waals surface area contributed by atoms with Crippen molar-refractivity contribution in [1.82, 2.24) is 5.32 Å². The van der Waals surface area contributed by atoms with Gasteiger partial charge in [0.15, 0.2) is 6.10 Å². The van der Waals surface area contributed by atoms with Crippen LogP contribution in [0, 0.1) is 0 Å². The van der Waals surface area contributed by atoms with Gasteiger partial charge in [-0.2, -0.15) is 0 Å². The highest BCUT2D eigenvalue weighted by atomic mass is 16.5.